The average Bonchev–Trinajstić information content (AvgIpc) is 2.55. The van der Waals surface area contributed by atoms with Gasteiger partial charge in [0, 0.05) is 12.7 Å². The molecule has 1 aromatic heterocycles. The predicted molar refractivity (Wildman–Crippen MR) is 89.9 cm³/mol. The number of phenolic OH excluding ortho intramolecular Hbond substituents is 1. The van der Waals surface area contributed by atoms with Crippen LogP contribution in [-0.4, -0.2) is 33.9 Å². The minimum Gasteiger partial charge on any atom is -0.508 e. The second-order valence-corrected chi connectivity index (χ2v) is 5.59. The second kappa shape index (κ2) is 7.82. The van der Waals surface area contributed by atoms with Gasteiger partial charge in [-0.3, -0.25) is 0 Å². The van der Waals surface area contributed by atoms with E-state index in [0.717, 1.165) is 11.1 Å². The number of carbonyl (C=O) groups is 1. The summed E-state index contributed by atoms with van der Waals surface area (Å²) in [5.74, 6) is 0.241. The van der Waals surface area contributed by atoms with Crippen molar-refractivity contribution in [3.8, 4) is 5.75 Å². The Bertz CT molecular complexity index is 707. The van der Waals surface area contributed by atoms with Crippen LogP contribution in [0.4, 0.5) is 5.82 Å². The van der Waals surface area contributed by atoms with E-state index in [4.69, 9.17) is 4.74 Å². The van der Waals surface area contributed by atoms with E-state index in [-0.39, 0.29) is 5.75 Å². The third-order valence-corrected chi connectivity index (χ3v) is 3.73. The van der Waals surface area contributed by atoms with E-state index >= 15 is 0 Å². The number of aromatic hydroxyl groups is 1. The lowest BCUT2D eigenvalue weighted by molar-refractivity contribution is 0.0526. The van der Waals surface area contributed by atoms with Gasteiger partial charge >= 0.3 is 5.97 Å². The van der Waals surface area contributed by atoms with Crippen LogP contribution in [0, 0.1) is 6.92 Å². The second-order valence-electron chi connectivity index (χ2n) is 4.81. The predicted octanol–water partition coefficient (Wildman–Crippen LogP) is 3.00. The molecule has 0 atom stereocenters. The first kappa shape index (κ1) is 17.1. The Morgan fingerprint density at radius 2 is 2.22 bits per heavy atom. The van der Waals surface area contributed by atoms with Gasteiger partial charge in [0.05, 0.1) is 6.61 Å². The number of nitrogens with one attached hydrogen (secondary N) is 1. The molecular weight excluding hydrogens is 314 g/mol. The molecule has 2 aromatic rings. The standard InChI is InChI=1S/C16H19N3O3S/c1-4-22-15(21)12-9-18-16(23-3)19-14(12)17-8-11-5-6-13(20)10(2)7-11/h5-7,9,20H,4,8H2,1-3H3,(H,17,18,19). The quantitative estimate of drug-likeness (QED) is 0.477. The van der Waals surface area contributed by atoms with E-state index in [1.54, 1.807) is 13.0 Å². The van der Waals surface area contributed by atoms with Crippen LogP contribution < -0.4 is 5.32 Å². The van der Waals surface area contributed by atoms with Crippen LogP contribution in [0.15, 0.2) is 29.6 Å². The fraction of sp³-hybridized carbons (Fsp3) is 0.312. The summed E-state index contributed by atoms with van der Waals surface area (Å²) >= 11 is 1.40. The van der Waals surface area contributed by atoms with Crippen LogP contribution in [0.5, 0.6) is 5.75 Å². The first-order chi connectivity index (χ1) is 11.0. The molecule has 0 bridgehead atoms. The van der Waals surface area contributed by atoms with Gasteiger partial charge in [0.25, 0.3) is 0 Å². The molecule has 1 heterocycles. The molecule has 7 heteroatoms. The number of thioether (sulfide) groups is 1. The average molecular weight is 333 g/mol. The highest BCUT2D eigenvalue weighted by Crippen LogP contribution is 2.20. The number of benzene rings is 1. The molecule has 0 radical (unpaired) electrons. The number of hydrogen-bond acceptors (Lipinski definition) is 7. The van der Waals surface area contributed by atoms with E-state index in [1.165, 1.54) is 18.0 Å². The maximum absolute atomic E-state index is 12.0. The molecular formula is C16H19N3O3S. The van der Waals surface area contributed by atoms with Gasteiger partial charge in [-0.05, 0) is 37.3 Å². The van der Waals surface area contributed by atoms with Gasteiger partial charge in [-0.1, -0.05) is 23.9 Å². The summed E-state index contributed by atoms with van der Waals surface area (Å²) in [6.45, 7) is 4.35. The molecule has 0 spiro atoms. The largest absolute Gasteiger partial charge is 0.508 e. The zero-order valence-electron chi connectivity index (χ0n) is 13.3. The Hall–Kier alpha value is -2.28. The number of ether oxygens (including phenoxy) is 1. The van der Waals surface area contributed by atoms with Crippen LogP contribution in [0.25, 0.3) is 0 Å². The lowest BCUT2D eigenvalue weighted by Crippen LogP contribution is -2.12. The highest BCUT2D eigenvalue weighted by atomic mass is 32.2. The molecule has 0 aliphatic rings. The zero-order chi connectivity index (χ0) is 16.8. The van der Waals surface area contributed by atoms with Crippen molar-refractivity contribution >= 4 is 23.5 Å². The Balaban J connectivity index is 2.22. The summed E-state index contributed by atoms with van der Waals surface area (Å²) < 4.78 is 5.03. The number of aromatic nitrogens is 2. The van der Waals surface area contributed by atoms with E-state index < -0.39 is 5.97 Å². The molecule has 0 amide bonds. The Morgan fingerprint density at radius 3 is 2.87 bits per heavy atom. The minimum atomic E-state index is -0.454. The summed E-state index contributed by atoms with van der Waals surface area (Å²) in [5.41, 5.74) is 2.07. The van der Waals surface area contributed by atoms with Gasteiger partial charge in [-0.25, -0.2) is 14.8 Å². The van der Waals surface area contributed by atoms with Crippen molar-refractivity contribution in [3.05, 3.63) is 41.1 Å². The van der Waals surface area contributed by atoms with Crippen molar-refractivity contribution in [2.45, 2.75) is 25.5 Å². The molecule has 1 aromatic carbocycles. The third-order valence-electron chi connectivity index (χ3n) is 3.17. The van der Waals surface area contributed by atoms with Crippen LogP contribution in [0.3, 0.4) is 0 Å². The van der Waals surface area contributed by atoms with Crippen LogP contribution in [-0.2, 0) is 11.3 Å². The highest BCUT2D eigenvalue weighted by Gasteiger charge is 2.15. The molecule has 0 aliphatic heterocycles. The van der Waals surface area contributed by atoms with Crippen molar-refractivity contribution in [2.75, 3.05) is 18.2 Å². The van der Waals surface area contributed by atoms with E-state index in [0.29, 0.717) is 29.7 Å². The van der Waals surface area contributed by atoms with Crippen LogP contribution in [0.2, 0.25) is 0 Å². The molecule has 6 nitrogen and oxygen atoms in total. The van der Waals surface area contributed by atoms with Gasteiger partial charge in [-0.2, -0.15) is 0 Å². The number of rotatable bonds is 6. The lowest BCUT2D eigenvalue weighted by atomic mass is 10.1. The molecule has 2 N–H and O–H groups in total. The van der Waals surface area contributed by atoms with Gasteiger partial charge in [0.2, 0.25) is 0 Å². The van der Waals surface area contributed by atoms with Gasteiger partial charge < -0.3 is 15.2 Å². The summed E-state index contributed by atoms with van der Waals surface area (Å²) in [6.07, 6.45) is 3.34. The monoisotopic (exact) mass is 333 g/mol. The molecule has 2 rings (SSSR count). The summed E-state index contributed by atoms with van der Waals surface area (Å²) in [4.78, 5) is 20.5. The summed E-state index contributed by atoms with van der Waals surface area (Å²) in [5, 5.41) is 13.3. The number of hydrogen-bond donors (Lipinski definition) is 2. The number of nitrogens with zero attached hydrogens (tertiary/aromatic N) is 2. The van der Waals surface area contributed by atoms with E-state index in [9.17, 15) is 9.90 Å². The molecule has 23 heavy (non-hydrogen) atoms. The molecule has 0 aliphatic carbocycles. The Kier molecular flexibility index (Phi) is 5.81. The van der Waals surface area contributed by atoms with Gasteiger partial charge in [-0.15, -0.1) is 0 Å². The maximum Gasteiger partial charge on any atom is 0.343 e. The molecule has 0 saturated heterocycles. The molecule has 0 saturated carbocycles. The van der Waals surface area contributed by atoms with E-state index in [2.05, 4.69) is 15.3 Å². The fourth-order valence-corrected chi connectivity index (χ4v) is 2.31. The first-order valence-electron chi connectivity index (χ1n) is 7.15. The fourth-order valence-electron chi connectivity index (χ4n) is 1.97. The van der Waals surface area contributed by atoms with Crippen molar-refractivity contribution < 1.29 is 14.6 Å². The zero-order valence-corrected chi connectivity index (χ0v) is 14.1. The van der Waals surface area contributed by atoms with E-state index in [1.807, 2.05) is 25.3 Å². The van der Waals surface area contributed by atoms with Crippen molar-refractivity contribution in [1.82, 2.24) is 9.97 Å². The first-order valence-corrected chi connectivity index (χ1v) is 8.38. The smallest absolute Gasteiger partial charge is 0.343 e. The molecule has 0 unspecified atom stereocenters. The number of phenols is 1. The normalized spacial score (nSPS) is 10.4. The maximum atomic E-state index is 12.0. The lowest BCUT2D eigenvalue weighted by Gasteiger charge is -2.11. The molecule has 122 valence electrons. The topological polar surface area (TPSA) is 84.3 Å². The SMILES string of the molecule is CCOC(=O)c1cnc(SC)nc1NCc1ccc(O)c(C)c1. The van der Waals surface area contributed by atoms with Crippen molar-refractivity contribution in [3.63, 3.8) is 0 Å². The van der Waals surface area contributed by atoms with Crippen LogP contribution >= 0.6 is 11.8 Å². The minimum absolute atomic E-state index is 0.257. The number of aryl methyl sites for hydroxylation is 1. The summed E-state index contributed by atoms with van der Waals surface area (Å²) in [7, 11) is 0. The Labute approximate surface area is 139 Å². The van der Waals surface area contributed by atoms with Crippen molar-refractivity contribution in [1.29, 1.82) is 0 Å². The third kappa shape index (κ3) is 4.35. The summed E-state index contributed by atoms with van der Waals surface area (Å²) in [6, 6.07) is 5.34. The number of esters is 1. The molecule has 0 fully saturated rings. The van der Waals surface area contributed by atoms with Gasteiger partial charge in [0.15, 0.2) is 5.16 Å². The van der Waals surface area contributed by atoms with Gasteiger partial charge in [0.1, 0.15) is 17.1 Å². The highest BCUT2D eigenvalue weighted by molar-refractivity contribution is 7.98. The number of anilines is 1. The van der Waals surface area contributed by atoms with Crippen LogP contribution in [0.1, 0.15) is 28.4 Å². The Morgan fingerprint density at radius 1 is 1.43 bits per heavy atom. The number of carbonyl (C=O) groups excluding carboxylic acids is 1. The van der Waals surface area contributed by atoms with Crippen molar-refractivity contribution in [2.24, 2.45) is 0 Å².